The van der Waals surface area contributed by atoms with Crippen molar-refractivity contribution in [3.05, 3.63) is 100 Å². The maximum atomic E-state index is 10.0. The van der Waals surface area contributed by atoms with Crippen LogP contribution < -0.4 is 5.32 Å². The Morgan fingerprint density at radius 3 is 2.83 bits per heavy atom. The summed E-state index contributed by atoms with van der Waals surface area (Å²) in [5.74, 6) is 0.662. The number of aromatic hydroxyl groups is 1. The van der Waals surface area contributed by atoms with E-state index in [1.54, 1.807) is 18.2 Å². The highest BCUT2D eigenvalue weighted by Gasteiger charge is 2.42. The van der Waals surface area contributed by atoms with Crippen molar-refractivity contribution in [2.45, 2.75) is 18.4 Å². The van der Waals surface area contributed by atoms with Crippen LogP contribution in [0.4, 0.5) is 0 Å². The van der Waals surface area contributed by atoms with E-state index >= 15 is 0 Å². The number of hydrogen-bond donors (Lipinski definition) is 4. The third-order valence-electron chi connectivity index (χ3n) is 5.99. The molecule has 0 bridgehead atoms. The average molecular weight is 449 g/mol. The van der Waals surface area contributed by atoms with Crippen molar-refractivity contribution in [1.29, 1.82) is 0 Å². The SMILES string of the molecule is CC12C=C(O)C=CC1C(C(c1cccc(Br)c1)c1c[nH]c3cc(O)ccc13)=CN2. The number of phenols is 1. The number of aromatic nitrogens is 1. The lowest BCUT2D eigenvalue weighted by Crippen LogP contribution is -2.41. The third kappa shape index (κ3) is 2.97. The molecule has 0 saturated carbocycles. The van der Waals surface area contributed by atoms with E-state index in [0.29, 0.717) is 0 Å². The van der Waals surface area contributed by atoms with E-state index in [-0.39, 0.29) is 28.9 Å². The van der Waals surface area contributed by atoms with Gasteiger partial charge in [0.15, 0.2) is 0 Å². The zero-order valence-corrected chi connectivity index (χ0v) is 17.4. The summed E-state index contributed by atoms with van der Waals surface area (Å²) in [6.07, 6.45) is 9.86. The lowest BCUT2D eigenvalue weighted by atomic mass is 9.73. The molecule has 4 nitrogen and oxygen atoms in total. The summed E-state index contributed by atoms with van der Waals surface area (Å²) in [5.41, 5.74) is 4.12. The Morgan fingerprint density at radius 1 is 1.14 bits per heavy atom. The van der Waals surface area contributed by atoms with Crippen LogP contribution in [0.15, 0.2) is 88.9 Å². The zero-order chi connectivity index (χ0) is 20.2. The molecule has 2 aromatic carbocycles. The van der Waals surface area contributed by atoms with Gasteiger partial charge in [0.1, 0.15) is 11.5 Å². The molecule has 4 N–H and O–H groups in total. The smallest absolute Gasteiger partial charge is 0.117 e. The van der Waals surface area contributed by atoms with Crippen molar-refractivity contribution in [3.63, 3.8) is 0 Å². The number of allylic oxidation sites excluding steroid dienone is 1. The van der Waals surface area contributed by atoms with Crippen LogP contribution in [0.25, 0.3) is 10.9 Å². The van der Waals surface area contributed by atoms with Crippen LogP contribution in [0.5, 0.6) is 5.75 Å². The Morgan fingerprint density at radius 2 is 2.00 bits per heavy atom. The first kappa shape index (κ1) is 18.1. The molecule has 0 radical (unpaired) electrons. The summed E-state index contributed by atoms with van der Waals surface area (Å²) < 4.78 is 1.03. The predicted octanol–water partition coefficient (Wildman–Crippen LogP) is 5.64. The van der Waals surface area contributed by atoms with E-state index in [0.717, 1.165) is 20.9 Å². The number of fused-ring (bicyclic) bond motifs is 2. The topological polar surface area (TPSA) is 68.3 Å². The van der Waals surface area contributed by atoms with Crippen LogP contribution in [-0.4, -0.2) is 20.7 Å². The van der Waals surface area contributed by atoms with E-state index < -0.39 is 0 Å². The summed E-state index contributed by atoms with van der Waals surface area (Å²) in [5, 5.41) is 24.5. The Hall–Kier alpha value is -2.92. The minimum Gasteiger partial charge on any atom is -0.508 e. The molecule has 29 heavy (non-hydrogen) atoms. The highest BCUT2D eigenvalue weighted by Crippen LogP contribution is 2.47. The van der Waals surface area contributed by atoms with E-state index in [2.05, 4.69) is 63.6 Å². The molecule has 0 spiro atoms. The van der Waals surface area contributed by atoms with Gasteiger partial charge in [-0.25, -0.2) is 0 Å². The molecule has 0 saturated heterocycles. The zero-order valence-electron chi connectivity index (χ0n) is 15.9. The maximum absolute atomic E-state index is 10.0. The minimum atomic E-state index is -0.358. The molecule has 0 amide bonds. The number of H-pyrrole nitrogens is 1. The van der Waals surface area contributed by atoms with Gasteiger partial charge in [-0.2, -0.15) is 0 Å². The highest BCUT2D eigenvalue weighted by atomic mass is 79.9. The quantitative estimate of drug-likeness (QED) is 0.418. The lowest BCUT2D eigenvalue weighted by molar-refractivity contribution is 0.378. The minimum absolute atomic E-state index is 0.0170. The van der Waals surface area contributed by atoms with Crippen LogP contribution in [-0.2, 0) is 0 Å². The Labute approximate surface area is 177 Å². The van der Waals surface area contributed by atoms with Gasteiger partial charge in [0.25, 0.3) is 0 Å². The molecule has 1 aliphatic carbocycles. The number of aliphatic hydroxyl groups is 1. The van der Waals surface area contributed by atoms with Gasteiger partial charge >= 0.3 is 0 Å². The molecular weight excluding hydrogens is 428 g/mol. The molecule has 2 aliphatic rings. The number of aliphatic hydroxyl groups excluding tert-OH is 1. The second-order valence-corrected chi connectivity index (χ2v) is 8.85. The highest BCUT2D eigenvalue weighted by molar-refractivity contribution is 9.10. The van der Waals surface area contributed by atoms with E-state index in [4.69, 9.17) is 0 Å². The molecule has 3 aromatic rings. The van der Waals surface area contributed by atoms with Gasteiger partial charge in [-0.05, 0) is 66.2 Å². The van der Waals surface area contributed by atoms with Gasteiger partial charge in [0.05, 0.1) is 5.54 Å². The molecule has 5 rings (SSSR count). The van der Waals surface area contributed by atoms with Gasteiger partial charge in [0, 0.05) is 39.5 Å². The summed E-state index contributed by atoms with van der Waals surface area (Å²) >= 11 is 3.62. The number of benzene rings is 2. The van der Waals surface area contributed by atoms with Crippen molar-refractivity contribution in [1.82, 2.24) is 10.3 Å². The molecule has 0 fully saturated rings. The fourth-order valence-corrected chi connectivity index (χ4v) is 5.05. The Bertz CT molecular complexity index is 1210. The molecule has 3 unspecified atom stereocenters. The lowest BCUT2D eigenvalue weighted by Gasteiger charge is -2.33. The molecule has 1 aromatic heterocycles. The molecule has 146 valence electrons. The van der Waals surface area contributed by atoms with Crippen molar-refractivity contribution in [3.8, 4) is 5.75 Å². The van der Waals surface area contributed by atoms with Gasteiger partial charge in [-0.15, -0.1) is 0 Å². The van der Waals surface area contributed by atoms with E-state index in [9.17, 15) is 10.2 Å². The largest absolute Gasteiger partial charge is 0.508 e. The number of phenolic OH excluding ortho intramolecular Hbond substituents is 1. The van der Waals surface area contributed by atoms with Crippen molar-refractivity contribution >= 4 is 26.8 Å². The van der Waals surface area contributed by atoms with Crippen LogP contribution in [0.3, 0.4) is 0 Å². The molecule has 1 aliphatic heterocycles. The van der Waals surface area contributed by atoms with Crippen molar-refractivity contribution < 1.29 is 10.2 Å². The van der Waals surface area contributed by atoms with Crippen LogP contribution >= 0.6 is 15.9 Å². The van der Waals surface area contributed by atoms with E-state index in [1.165, 1.54) is 11.1 Å². The average Bonchev–Trinajstić information content (AvgIpc) is 3.23. The van der Waals surface area contributed by atoms with Crippen LogP contribution in [0.2, 0.25) is 0 Å². The second kappa shape index (κ2) is 6.56. The molecular formula is C24H21BrN2O2. The summed E-state index contributed by atoms with van der Waals surface area (Å²) in [4.78, 5) is 3.32. The second-order valence-electron chi connectivity index (χ2n) is 7.94. The summed E-state index contributed by atoms with van der Waals surface area (Å²) in [6, 6.07) is 13.8. The summed E-state index contributed by atoms with van der Waals surface area (Å²) in [6.45, 7) is 2.10. The Balaban J connectivity index is 1.69. The van der Waals surface area contributed by atoms with Crippen LogP contribution in [0.1, 0.15) is 24.0 Å². The first-order valence-corrected chi connectivity index (χ1v) is 10.4. The van der Waals surface area contributed by atoms with Gasteiger partial charge in [0.2, 0.25) is 0 Å². The predicted molar refractivity (Wildman–Crippen MR) is 119 cm³/mol. The first-order valence-electron chi connectivity index (χ1n) is 9.58. The molecule has 3 atom stereocenters. The fourth-order valence-electron chi connectivity index (χ4n) is 4.63. The fraction of sp³-hybridized carbons (Fsp3) is 0.167. The normalized spacial score (nSPS) is 24.0. The molecule has 2 heterocycles. The number of nitrogens with one attached hydrogen (secondary N) is 2. The van der Waals surface area contributed by atoms with Crippen LogP contribution in [0, 0.1) is 5.92 Å². The monoisotopic (exact) mass is 448 g/mol. The van der Waals surface area contributed by atoms with Crippen molar-refractivity contribution in [2.75, 3.05) is 0 Å². The van der Waals surface area contributed by atoms with Crippen molar-refractivity contribution in [2.24, 2.45) is 5.92 Å². The number of rotatable bonds is 3. The summed E-state index contributed by atoms with van der Waals surface area (Å²) in [7, 11) is 0. The van der Waals surface area contributed by atoms with Gasteiger partial charge in [-0.1, -0.05) is 34.1 Å². The van der Waals surface area contributed by atoms with Gasteiger partial charge < -0.3 is 20.5 Å². The maximum Gasteiger partial charge on any atom is 0.117 e. The first-order chi connectivity index (χ1) is 13.9. The number of aromatic amines is 1. The number of halogens is 1. The number of hydrogen-bond acceptors (Lipinski definition) is 3. The molecule has 5 heteroatoms. The van der Waals surface area contributed by atoms with E-state index in [1.807, 2.05) is 24.4 Å². The standard InChI is InChI=1S/C24H21BrN2O2/c1-24-11-17(29)6-8-21(24)20(13-27-24)23(14-3-2-4-15(25)9-14)19-12-26-22-10-16(28)5-7-18(19)22/h2-13,21,23,26-29H,1H3. The van der Waals surface area contributed by atoms with Gasteiger partial charge in [-0.3, -0.25) is 0 Å². The Kier molecular flexibility index (Phi) is 4.10. The third-order valence-corrected chi connectivity index (χ3v) is 6.48.